The molecule has 0 aromatic heterocycles. The van der Waals surface area contributed by atoms with Crippen LogP contribution in [0.3, 0.4) is 0 Å². The van der Waals surface area contributed by atoms with Crippen LogP contribution in [0.25, 0.3) is 0 Å². The van der Waals surface area contributed by atoms with Gasteiger partial charge < -0.3 is 14.2 Å². The predicted octanol–water partition coefficient (Wildman–Crippen LogP) is 4.22. The Morgan fingerprint density at radius 2 is 1.86 bits per heavy atom. The van der Waals surface area contributed by atoms with Crippen LogP contribution < -0.4 is 9.47 Å². The molecule has 1 rings (SSSR count). The minimum absolute atomic E-state index is 0.350. The third kappa shape index (κ3) is 5.66. The predicted molar refractivity (Wildman–Crippen MR) is 83.2 cm³/mol. The fraction of sp³-hybridized carbons (Fsp3) is 0.588. The Morgan fingerprint density at radius 1 is 1.05 bits per heavy atom. The van der Waals surface area contributed by atoms with Gasteiger partial charge in [-0.25, -0.2) is 4.79 Å². The second kappa shape index (κ2) is 10.1. The first-order valence-electron chi connectivity index (χ1n) is 7.71. The van der Waals surface area contributed by atoms with Crippen molar-refractivity contribution < 1.29 is 19.0 Å². The summed E-state index contributed by atoms with van der Waals surface area (Å²) in [5.41, 5.74) is 0.429. The van der Waals surface area contributed by atoms with Crippen molar-refractivity contribution in [1.29, 1.82) is 0 Å². The van der Waals surface area contributed by atoms with Crippen molar-refractivity contribution in [2.24, 2.45) is 0 Å². The van der Waals surface area contributed by atoms with Gasteiger partial charge in [-0.3, -0.25) is 0 Å². The number of benzene rings is 1. The van der Waals surface area contributed by atoms with E-state index in [0.717, 1.165) is 19.3 Å². The summed E-state index contributed by atoms with van der Waals surface area (Å²) in [6, 6.07) is 5.26. The van der Waals surface area contributed by atoms with E-state index < -0.39 is 0 Å². The summed E-state index contributed by atoms with van der Waals surface area (Å²) in [6.07, 6.45) is 5.18. The number of unbranched alkanes of at least 4 members (excludes halogenated alkanes) is 3. The molecule has 0 bridgehead atoms. The van der Waals surface area contributed by atoms with Crippen LogP contribution in [0.5, 0.6) is 11.5 Å². The topological polar surface area (TPSA) is 44.8 Å². The molecule has 118 valence electrons. The van der Waals surface area contributed by atoms with Crippen molar-refractivity contribution in [3.05, 3.63) is 23.8 Å². The van der Waals surface area contributed by atoms with Crippen molar-refractivity contribution in [3.8, 4) is 11.5 Å². The van der Waals surface area contributed by atoms with Gasteiger partial charge in [0.05, 0.1) is 20.3 Å². The number of para-hydroxylation sites is 1. The highest BCUT2D eigenvalue weighted by Gasteiger charge is 2.18. The Morgan fingerprint density at radius 3 is 2.52 bits per heavy atom. The van der Waals surface area contributed by atoms with Crippen LogP contribution in [0.2, 0.25) is 0 Å². The number of rotatable bonds is 10. The maximum Gasteiger partial charge on any atom is 0.342 e. The first-order chi connectivity index (χ1) is 10.2. The second-order valence-electron chi connectivity index (χ2n) is 4.88. The molecular weight excluding hydrogens is 268 g/mol. The summed E-state index contributed by atoms with van der Waals surface area (Å²) in [4.78, 5) is 12.2. The van der Waals surface area contributed by atoms with Gasteiger partial charge in [0, 0.05) is 0 Å². The Labute approximate surface area is 127 Å². The lowest BCUT2D eigenvalue weighted by Gasteiger charge is -2.14. The number of methoxy groups -OCH3 is 1. The van der Waals surface area contributed by atoms with Crippen LogP contribution in [-0.2, 0) is 4.74 Å². The molecule has 0 aliphatic heterocycles. The van der Waals surface area contributed by atoms with Crippen molar-refractivity contribution >= 4 is 5.97 Å². The number of hydrogen-bond donors (Lipinski definition) is 0. The summed E-state index contributed by atoms with van der Waals surface area (Å²) in [5, 5.41) is 0. The third-order valence-corrected chi connectivity index (χ3v) is 3.10. The fourth-order valence-corrected chi connectivity index (χ4v) is 1.96. The monoisotopic (exact) mass is 294 g/mol. The van der Waals surface area contributed by atoms with E-state index in [9.17, 15) is 4.79 Å². The summed E-state index contributed by atoms with van der Waals surface area (Å²) in [7, 11) is 1.56. The highest BCUT2D eigenvalue weighted by molar-refractivity contribution is 5.93. The van der Waals surface area contributed by atoms with Gasteiger partial charge in [-0.05, 0) is 25.0 Å². The lowest BCUT2D eigenvalue weighted by atomic mass is 10.2. The molecule has 0 atom stereocenters. The van der Waals surface area contributed by atoms with E-state index in [-0.39, 0.29) is 5.97 Å². The van der Waals surface area contributed by atoms with Crippen LogP contribution in [0.1, 0.15) is 56.3 Å². The summed E-state index contributed by atoms with van der Waals surface area (Å²) < 4.78 is 16.2. The molecule has 0 spiro atoms. The van der Waals surface area contributed by atoms with Gasteiger partial charge in [-0.1, -0.05) is 39.2 Å². The van der Waals surface area contributed by atoms with Crippen LogP contribution in [0.4, 0.5) is 0 Å². The average Bonchev–Trinajstić information content (AvgIpc) is 2.52. The Kier molecular flexibility index (Phi) is 8.32. The molecule has 0 unspecified atom stereocenters. The molecule has 0 amide bonds. The van der Waals surface area contributed by atoms with Crippen molar-refractivity contribution in [2.45, 2.75) is 46.0 Å². The molecule has 0 saturated heterocycles. The molecule has 0 fully saturated rings. The first-order valence-corrected chi connectivity index (χ1v) is 7.71. The molecular formula is C17H26O4. The van der Waals surface area contributed by atoms with Gasteiger partial charge in [0.2, 0.25) is 0 Å². The van der Waals surface area contributed by atoms with Gasteiger partial charge in [0.25, 0.3) is 0 Å². The maximum atomic E-state index is 12.2. The molecule has 0 saturated carbocycles. The average molecular weight is 294 g/mol. The van der Waals surface area contributed by atoms with E-state index in [4.69, 9.17) is 14.2 Å². The molecule has 4 nitrogen and oxygen atoms in total. The summed E-state index contributed by atoms with van der Waals surface area (Å²) >= 11 is 0. The van der Waals surface area contributed by atoms with Gasteiger partial charge in [-0.15, -0.1) is 0 Å². The zero-order valence-electron chi connectivity index (χ0n) is 13.3. The quantitative estimate of drug-likeness (QED) is 0.479. The van der Waals surface area contributed by atoms with E-state index in [1.54, 1.807) is 25.3 Å². The number of hydrogen-bond acceptors (Lipinski definition) is 4. The molecule has 4 heteroatoms. The number of esters is 1. The highest BCUT2D eigenvalue weighted by atomic mass is 16.5. The van der Waals surface area contributed by atoms with E-state index in [2.05, 4.69) is 6.92 Å². The molecule has 1 aromatic carbocycles. The first kappa shape index (κ1) is 17.3. The number of carbonyl (C=O) groups is 1. The lowest BCUT2D eigenvalue weighted by Crippen LogP contribution is -2.10. The van der Waals surface area contributed by atoms with Crippen LogP contribution >= 0.6 is 0 Å². The molecule has 0 aliphatic carbocycles. The zero-order chi connectivity index (χ0) is 15.5. The second-order valence-corrected chi connectivity index (χ2v) is 4.88. The van der Waals surface area contributed by atoms with Gasteiger partial charge >= 0.3 is 5.97 Å². The molecule has 0 aliphatic rings. The summed E-state index contributed by atoms with van der Waals surface area (Å²) in [6.45, 7) is 5.15. The van der Waals surface area contributed by atoms with Gasteiger partial charge in [0.15, 0.2) is 11.5 Å². The van der Waals surface area contributed by atoms with Crippen LogP contribution in [-0.4, -0.2) is 26.3 Å². The van der Waals surface area contributed by atoms with Crippen LogP contribution in [0.15, 0.2) is 18.2 Å². The minimum Gasteiger partial charge on any atom is -0.493 e. The van der Waals surface area contributed by atoms with Crippen molar-refractivity contribution in [1.82, 2.24) is 0 Å². The number of carbonyl (C=O) groups excluding carboxylic acids is 1. The smallest absolute Gasteiger partial charge is 0.342 e. The van der Waals surface area contributed by atoms with Gasteiger partial charge in [-0.2, -0.15) is 0 Å². The molecule has 0 N–H and O–H groups in total. The maximum absolute atomic E-state index is 12.2. The third-order valence-electron chi connectivity index (χ3n) is 3.10. The Hall–Kier alpha value is -1.71. The largest absolute Gasteiger partial charge is 0.493 e. The Bertz CT molecular complexity index is 429. The normalized spacial score (nSPS) is 10.2. The minimum atomic E-state index is -0.350. The SMILES string of the molecule is CCCCCCOC(=O)c1cccc(OC)c1OCCC. The molecule has 1 aromatic rings. The standard InChI is InChI=1S/C17H26O4/c1-4-6-7-8-13-21-17(18)14-10-9-11-15(19-3)16(14)20-12-5-2/h9-11H,4-8,12-13H2,1-3H3. The lowest BCUT2D eigenvalue weighted by molar-refractivity contribution is 0.0492. The number of ether oxygens (including phenoxy) is 3. The zero-order valence-corrected chi connectivity index (χ0v) is 13.3. The molecule has 0 radical (unpaired) electrons. The van der Waals surface area contributed by atoms with Gasteiger partial charge in [0.1, 0.15) is 5.56 Å². The van der Waals surface area contributed by atoms with E-state index in [1.165, 1.54) is 12.8 Å². The molecule has 21 heavy (non-hydrogen) atoms. The fourth-order valence-electron chi connectivity index (χ4n) is 1.96. The van der Waals surface area contributed by atoms with Crippen molar-refractivity contribution in [3.63, 3.8) is 0 Å². The van der Waals surface area contributed by atoms with Crippen molar-refractivity contribution in [2.75, 3.05) is 20.3 Å². The van der Waals surface area contributed by atoms with E-state index in [0.29, 0.717) is 30.3 Å². The summed E-state index contributed by atoms with van der Waals surface area (Å²) in [5.74, 6) is 0.681. The van der Waals surface area contributed by atoms with Crippen LogP contribution in [0, 0.1) is 0 Å². The van der Waals surface area contributed by atoms with E-state index in [1.807, 2.05) is 6.92 Å². The van der Waals surface area contributed by atoms with E-state index >= 15 is 0 Å². The molecule has 0 heterocycles. The highest BCUT2D eigenvalue weighted by Crippen LogP contribution is 2.31. The Balaban J connectivity index is 2.68.